The SMILES string of the molecule is O=C(O)N1C(=O)CCC1C(F)(F)F. The smallest absolute Gasteiger partial charge is 0.414 e. The first-order valence-electron chi connectivity index (χ1n) is 3.45. The van der Waals surface area contributed by atoms with E-state index in [0.29, 0.717) is 0 Å². The molecule has 1 fully saturated rings. The number of amides is 2. The molecule has 4 nitrogen and oxygen atoms in total. The highest BCUT2D eigenvalue weighted by atomic mass is 19.4. The maximum absolute atomic E-state index is 12.1. The number of carbonyl (C=O) groups is 2. The van der Waals surface area contributed by atoms with Crippen LogP contribution in [0.5, 0.6) is 0 Å². The van der Waals surface area contributed by atoms with Gasteiger partial charge in [0.25, 0.3) is 0 Å². The fourth-order valence-corrected chi connectivity index (χ4v) is 1.23. The first-order chi connectivity index (χ1) is 5.84. The van der Waals surface area contributed by atoms with Crippen molar-refractivity contribution in [3.05, 3.63) is 0 Å². The number of likely N-dealkylation sites (tertiary alicyclic amines) is 1. The lowest BCUT2D eigenvalue weighted by Crippen LogP contribution is -2.45. The number of hydrogen-bond acceptors (Lipinski definition) is 2. The van der Waals surface area contributed by atoms with E-state index in [-0.39, 0.29) is 11.3 Å². The maximum atomic E-state index is 12.1. The molecule has 1 aliphatic rings. The fraction of sp³-hybridized carbons (Fsp3) is 0.667. The molecule has 7 heteroatoms. The Kier molecular flexibility index (Phi) is 2.19. The van der Waals surface area contributed by atoms with Crippen molar-refractivity contribution < 1.29 is 27.9 Å². The average Bonchev–Trinajstić information content (AvgIpc) is 2.28. The fourth-order valence-electron chi connectivity index (χ4n) is 1.23. The predicted octanol–water partition coefficient (Wildman–Crippen LogP) is 1.22. The molecule has 0 aromatic rings. The van der Waals surface area contributed by atoms with Gasteiger partial charge in [0, 0.05) is 6.42 Å². The average molecular weight is 197 g/mol. The van der Waals surface area contributed by atoms with Gasteiger partial charge in [0.15, 0.2) is 0 Å². The van der Waals surface area contributed by atoms with Gasteiger partial charge < -0.3 is 5.11 Å². The van der Waals surface area contributed by atoms with E-state index in [9.17, 15) is 22.8 Å². The lowest BCUT2D eigenvalue weighted by atomic mass is 10.2. The van der Waals surface area contributed by atoms with Crippen molar-refractivity contribution in [1.82, 2.24) is 4.90 Å². The highest BCUT2D eigenvalue weighted by Crippen LogP contribution is 2.33. The number of nitrogens with zero attached hydrogens (tertiary/aromatic N) is 1. The zero-order valence-electron chi connectivity index (χ0n) is 6.34. The number of imide groups is 1. The number of hydrogen-bond donors (Lipinski definition) is 1. The second-order valence-electron chi connectivity index (χ2n) is 2.64. The Morgan fingerprint density at radius 2 is 2.08 bits per heavy atom. The van der Waals surface area contributed by atoms with Crippen LogP contribution >= 0.6 is 0 Å². The van der Waals surface area contributed by atoms with Crippen LogP contribution in [0.15, 0.2) is 0 Å². The molecule has 1 atom stereocenters. The molecule has 13 heavy (non-hydrogen) atoms. The van der Waals surface area contributed by atoms with Crippen LogP contribution in [0.3, 0.4) is 0 Å². The molecule has 0 spiro atoms. The van der Waals surface area contributed by atoms with Crippen molar-refractivity contribution in [3.63, 3.8) is 0 Å². The predicted molar refractivity (Wildman–Crippen MR) is 33.9 cm³/mol. The second-order valence-corrected chi connectivity index (χ2v) is 2.64. The van der Waals surface area contributed by atoms with E-state index in [1.54, 1.807) is 0 Å². The number of carboxylic acid groups (broad SMARTS) is 1. The van der Waals surface area contributed by atoms with E-state index in [1.165, 1.54) is 0 Å². The summed E-state index contributed by atoms with van der Waals surface area (Å²) in [5.74, 6) is -0.991. The largest absolute Gasteiger partial charge is 0.465 e. The molecule has 0 radical (unpaired) electrons. The van der Waals surface area contributed by atoms with Crippen LogP contribution in [-0.2, 0) is 4.79 Å². The minimum Gasteiger partial charge on any atom is -0.465 e. The number of halogens is 3. The zero-order valence-corrected chi connectivity index (χ0v) is 6.34. The molecule has 1 heterocycles. The highest BCUT2D eigenvalue weighted by Gasteiger charge is 2.51. The van der Waals surface area contributed by atoms with Crippen LogP contribution in [0.1, 0.15) is 12.8 Å². The van der Waals surface area contributed by atoms with Gasteiger partial charge in [0.2, 0.25) is 5.91 Å². The van der Waals surface area contributed by atoms with E-state index in [1.807, 2.05) is 0 Å². The van der Waals surface area contributed by atoms with Crippen LogP contribution in [0, 0.1) is 0 Å². The van der Waals surface area contributed by atoms with E-state index in [0.717, 1.165) is 0 Å². The first-order valence-corrected chi connectivity index (χ1v) is 3.45. The Labute approximate surface area is 70.9 Å². The molecule has 1 aliphatic heterocycles. The zero-order chi connectivity index (χ0) is 10.2. The molecule has 1 saturated heterocycles. The van der Waals surface area contributed by atoms with Crippen molar-refractivity contribution in [2.24, 2.45) is 0 Å². The molecular formula is C6H6F3NO3. The van der Waals surface area contributed by atoms with E-state index >= 15 is 0 Å². The molecule has 74 valence electrons. The number of rotatable bonds is 0. The number of alkyl halides is 3. The Bertz CT molecular complexity index is 250. The van der Waals surface area contributed by atoms with Crippen molar-refractivity contribution in [3.8, 4) is 0 Å². The maximum Gasteiger partial charge on any atom is 0.414 e. The summed E-state index contributed by atoms with van der Waals surface area (Å²) >= 11 is 0. The van der Waals surface area contributed by atoms with Gasteiger partial charge >= 0.3 is 12.3 Å². The van der Waals surface area contributed by atoms with Crippen LogP contribution < -0.4 is 0 Å². The molecule has 0 aromatic carbocycles. The summed E-state index contributed by atoms with van der Waals surface area (Å²) in [7, 11) is 0. The Morgan fingerprint density at radius 1 is 1.54 bits per heavy atom. The minimum atomic E-state index is -4.66. The van der Waals surface area contributed by atoms with Crippen LogP contribution in [0.2, 0.25) is 0 Å². The third-order valence-corrected chi connectivity index (χ3v) is 1.80. The molecule has 0 aliphatic carbocycles. The topological polar surface area (TPSA) is 57.6 Å². The van der Waals surface area contributed by atoms with Crippen LogP contribution in [-0.4, -0.2) is 34.2 Å². The van der Waals surface area contributed by atoms with Crippen LogP contribution in [0.4, 0.5) is 18.0 Å². The standard InChI is InChI=1S/C6H6F3NO3/c7-6(8,9)3-1-2-4(11)10(3)5(12)13/h3H,1-2H2,(H,12,13). The van der Waals surface area contributed by atoms with Gasteiger partial charge in [-0.1, -0.05) is 0 Å². The Morgan fingerprint density at radius 3 is 2.38 bits per heavy atom. The summed E-state index contributed by atoms with van der Waals surface area (Å²) in [5, 5.41) is 8.32. The van der Waals surface area contributed by atoms with Crippen molar-refractivity contribution in [2.45, 2.75) is 25.1 Å². The summed E-state index contributed by atoms with van der Waals surface area (Å²) in [5.41, 5.74) is 0. The normalized spacial score (nSPS) is 23.8. The Balaban J connectivity index is 2.88. The molecule has 0 saturated carbocycles. The molecule has 2 amide bonds. The summed E-state index contributed by atoms with van der Waals surface area (Å²) in [6.45, 7) is 0. The molecular weight excluding hydrogens is 191 g/mol. The highest BCUT2D eigenvalue weighted by molar-refractivity contribution is 5.93. The van der Waals surface area contributed by atoms with E-state index in [2.05, 4.69) is 0 Å². The Hall–Kier alpha value is -1.27. The first kappa shape index (κ1) is 9.82. The number of carbonyl (C=O) groups excluding carboxylic acids is 1. The summed E-state index contributed by atoms with van der Waals surface area (Å²) in [4.78, 5) is 20.8. The second kappa shape index (κ2) is 2.90. The van der Waals surface area contributed by atoms with Gasteiger partial charge in [-0.15, -0.1) is 0 Å². The monoisotopic (exact) mass is 197 g/mol. The van der Waals surface area contributed by atoms with Crippen molar-refractivity contribution >= 4 is 12.0 Å². The van der Waals surface area contributed by atoms with Crippen molar-refractivity contribution in [2.75, 3.05) is 0 Å². The molecule has 1 unspecified atom stereocenters. The third-order valence-electron chi connectivity index (χ3n) is 1.80. The van der Waals surface area contributed by atoms with Crippen molar-refractivity contribution in [1.29, 1.82) is 0 Å². The molecule has 0 aromatic heterocycles. The third kappa shape index (κ3) is 1.73. The van der Waals surface area contributed by atoms with Crippen LogP contribution in [0.25, 0.3) is 0 Å². The van der Waals surface area contributed by atoms with Gasteiger partial charge in [-0.05, 0) is 6.42 Å². The molecule has 1 rings (SSSR count). The quantitative estimate of drug-likeness (QED) is 0.635. The summed E-state index contributed by atoms with van der Waals surface area (Å²) < 4.78 is 36.3. The van der Waals surface area contributed by atoms with E-state index in [4.69, 9.17) is 5.11 Å². The lowest BCUT2D eigenvalue weighted by Gasteiger charge is -2.21. The van der Waals surface area contributed by atoms with Gasteiger partial charge in [-0.3, -0.25) is 4.79 Å². The summed E-state index contributed by atoms with van der Waals surface area (Å²) in [6.07, 6.45) is -7.35. The molecule has 0 bridgehead atoms. The van der Waals surface area contributed by atoms with Gasteiger partial charge in [-0.25, -0.2) is 9.69 Å². The minimum absolute atomic E-state index is 0.153. The lowest BCUT2D eigenvalue weighted by molar-refractivity contribution is -0.175. The molecule has 1 N–H and O–H groups in total. The van der Waals surface area contributed by atoms with Gasteiger partial charge in [0.05, 0.1) is 0 Å². The van der Waals surface area contributed by atoms with Gasteiger partial charge in [0.1, 0.15) is 6.04 Å². The van der Waals surface area contributed by atoms with Gasteiger partial charge in [-0.2, -0.15) is 13.2 Å². The summed E-state index contributed by atoms with van der Waals surface area (Å²) in [6, 6.07) is -2.17. The van der Waals surface area contributed by atoms with E-state index < -0.39 is 30.6 Å².